The molecule has 2 rings (SSSR count). The molecular weight excluding hydrogens is 303 g/mol. The fourth-order valence-electron chi connectivity index (χ4n) is 1.61. The number of hydrogen-bond donors (Lipinski definition) is 1. The lowest BCUT2D eigenvalue weighted by Gasteiger charge is -2.05. The van der Waals surface area contributed by atoms with Crippen LogP contribution in [0.25, 0.3) is 0 Å². The van der Waals surface area contributed by atoms with Gasteiger partial charge in [0.05, 0.1) is 4.92 Å². The average molecular weight is 313 g/mol. The summed E-state index contributed by atoms with van der Waals surface area (Å²) >= 11 is 11.5. The van der Waals surface area contributed by atoms with Crippen molar-refractivity contribution < 1.29 is 4.92 Å². The van der Waals surface area contributed by atoms with E-state index in [-0.39, 0.29) is 16.0 Å². The minimum absolute atomic E-state index is 0.0737. The highest BCUT2D eigenvalue weighted by molar-refractivity contribution is 6.33. The first kappa shape index (κ1) is 14.5. The van der Waals surface area contributed by atoms with Gasteiger partial charge < -0.3 is 5.32 Å². The van der Waals surface area contributed by atoms with Crippen molar-refractivity contribution in [3.8, 4) is 0 Å². The summed E-state index contributed by atoms with van der Waals surface area (Å²) in [6, 6.07) is 7.90. The van der Waals surface area contributed by atoms with Gasteiger partial charge in [-0.15, -0.1) is 0 Å². The molecule has 0 saturated carbocycles. The van der Waals surface area contributed by atoms with Crippen molar-refractivity contribution in [2.45, 2.75) is 6.42 Å². The number of hydrogen-bond acceptors (Lipinski definition) is 5. The number of rotatable bonds is 5. The molecule has 0 aliphatic carbocycles. The van der Waals surface area contributed by atoms with E-state index >= 15 is 0 Å². The third-order valence-electron chi connectivity index (χ3n) is 2.48. The summed E-state index contributed by atoms with van der Waals surface area (Å²) in [6.07, 6.45) is 0.592. The molecule has 0 radical (unpaired) electrons. The quantitative estimate of drug-likeness (QED) is 0.520. The molecule has 0 spiro atoms. The molecule has 1 aromatic carbocycles. The van der Waals surface area contributed by atoms with Gasteiger partial charge in [-0.25, -0.2) is 9.97 Å². The Bertz CT molecular complexity index is 616. The normalized spacial score (nSPS) is 10.3. The van der Waals surface area contributed by atoms with Crippen LogP contribution in [0.3, 0.4) is 0 Å². The lowest BCUT2D eigenvalue weighted by molar-refractivity contribution is -0.384. The van der Waals surface area contributed by atoms with Gasteiger partial charge in [0.25, 0.3) is 5.69 Å². The number of non-ortho nitro benzene ring substituents is 1. The van der Waals surface area contributed by atoms with Gasteiger partial charge in [0.2, 0.25) is 5.95 Å². The van der Waals surface area contributed by atoms with E-state index in [2.05, 4.69) is 15.3 Å². The van der Waals surface area contributed by atoms with E-state index in [4.69, 9.17) is 23.2 Å². The fraction of sp³-hybridized carbons (Fsp3) is 0.167. The number of nitrogens with one attached hydrogen (secondary N) is 1. The third-order valence-corrected chi connectivity index (χ3v) is 2.87. The summed E-state index contributed by atoms with van der Waals surface area (Å²) in [5.74, 6) is 0.327. The van der Waals surface area contributed by atoms with Gasteiger partial charge in [0.15, 0.2) is 0 Å². The van der Waals surface area contributed by atoms with E-state index in [1.54, 1.807) is 6.07 Å². The monoisotopic (exact) mass is 312 g/mol. The zero-order valence-corrected chi connectivity index (χ0v) is 11.7. The molecule has 0 saturated heterocycles. The second kappa shape index (κ2) is 6.49. The Balaban J connectivity index is 1.95. The van der Waals surface area contributed by atoms with Gasteiger partial charge in [-0.1, -0.05) is 35.3 Å². The second-order valence-electron chi connectivity index (χ2n) is 3.94. The Morgan fingerprint density at radius 3 is 2.55 bits per heavy atom. The number of nitro groups is 1. The summed E-state index contributed by atoms with van der Waals surface area (Å²) < 4.78 is 0. The van der Waals surface area contributed by atoms with Crippen molar-refractivity contribution in [2.75, 3.05) is 11.9 Å². The van der Waals surface area contributed by atoms with Crippen LogP contribution in [0, 0.1) is 10.1 Å². The summed E-state index contributed by atoms with van der Waals surface area (Å²) in [6.45, 7) is 0.512. The lowest BCUT2D eigenvalue weighted by Crippen LogP contribution is -2.08. The van der Waals surface area contributed by atoms with Gasteiger partial charge in [0, 0.05) is 24.7 Å². The van der Waals surface area contributed by atoms with E-state index in [1.807, 2.05) is 6.07 Å². The molecule has 2 aromatic rings. The lowest BCUT2D eigenvalue weighted by atomic mass is 10.1. The van der Waals surface area contributed by atoms with Crippen molar-refractivity contribution in [1.82, 2.24) is 9.97 Å². The summed E-state index contributed by atoms with van der Waals surface area (Å²) in [7, 11) is 0. The van der Waals surface area contributed by atoms with Crippen LogP contribution < -0.4 is 5.32 Å². The zero-order chi connectivity index (χ0) is 14.5. The van der Waals surface area contributed by atoms with Crippen LogP contribution >= 0.6 is 23.2 Å². The largest absolute Gasteiger partial charge is 0.354 e. The molecule has 0 aliphatic heterocycles. The first-order valence-electron chi connectivity index (χ1n) is 5.72. The molecule has 0 bridgehead atoms. The Morgan fingerprint density at radius 2 is 1.90 bits per heavy atom. The number of nitro benzene ring substituents is 1. The Morgan fingerprint density at radius 1 is 1.20 bits per heavy atom. The molecule has 1 N–H and O–H groups in total. The van der Waals surface area contributed by atoms with Gasteiger partial charge in [-0.2, -0.15) is 0 Å². The molecule has 1 aromatic heterocycles. The van der Waals surface area contributed by atoms with Crippen LogP contribution in [0.15, 0.2) is 30.3 Å². The molecule has 0 atom stereocenters. The highest BCUT2D eigenvalue weighted by atomic mass is 35.5. The highest BCUT2D eigenvalue weighted by Gasteiger charge is 2.06. The van der Waals surface area contributed by atoms with E-state index in [9.17, 15) is 10.1 Å². The standard InChI is InChI=1S/C12H10Cl2N4O2/c13-10-7-11(14)17-12(16-10)15-5-4-8-2-1-3-9(6-8)18(19)20/h1-3,6-7H,4-5H2,(H,15,16,17). The predicted molar refractivity (Wildman–Crippen MR) is 77.3 cm³/mol. The maximum Gasteiger partial charge on any atom is 0.269 e. The van der Waals surface area contributed by atoms with Gasteiger partial charge >= 0.3 is 0 Å². The number of aromatic nitrogens is 2. The van der Waals surface area contributed by atoms with Gasteiger partial charge in [-0.05, 0) is 12.0 Å². The molecule has 1 heterocycles. The molecular formula is C12H10Cl2N4O2. The van der Waals surface area contributed by atoms with E-state index in [0.717, 1.165) is 5.56 Å². The molecule has 8 heteroatoms. The van der Waals surface area contributed by atoms with E-state index in [1.165, 1.54) is 18.2 Å². The van der Waals surface area contributed by atoms with Crippen molar-refractivity contribution in [3.63, 3.8) is 0 Å². The molecule has 0 fully saturated rings. The molecule has 6 nitrogen and oxygen atoms in total. The SMILES string of the molecule is O=[N+]([O-])c1cccc(CCNc2nc(Cl)cc(Cl)n2)c1. The van der Waals surface area contributed by atoms with E-state index < -0.39 is 4.92 Å². The average Bonchev–Trinajstić information content (AvgIpc) is 2.38. The predicted octanol–water partition coefficient (Wildman–Crippen LogP) is 3.35. The Hall–Kier alpha value is -1.92. The zero-order valence-electron chi connectivity index (χ0n) is 10.2. The summed E-state index contributed by atoms with van der Waals surface area (Å²) in [5, 5.41) is 14.1. The Labute approximate surface area is 124 Å². The minimum Gasteiger partial charge on any atom is -0.354 e. The van der Waals surface area contributed by atoms with Crippen LogP contribution in [-0.4, -0.2) is 21.4 Å². The molecule has 0 unspecified atom stereocenters. The topological polar surface area (TPSA) is 81.0 Å². The van der Waals surface area contributed by atoms with Crippen molar-refractivity contribution in [2.24, 2.45) is 0 Å². The summed E-state index contributed by atoms with van der Waals surface area (Å²) in [4.78, 5) is 18.2. The van der Waals surface area contributed by atoms with Crippen molar-refractivity contribution in [3.05, 3.63) is 56.3 Å². The second-order valence-corrected chi connectivity index (χ2v) is 4.72. The third kappa shape index (κ3) is 4.04. The van der Waals surface area contributed by atoms with Crippen molar-refractivity contribution >= 4 is 34.8 Å². The maximum absolute atomic E-state index is 10.7. The van der Waals surface area contributed by atoms with Crippen LogP contribution in [0.2, 0.25) is 10.3 Å². The van der Waals surface area contributed by atoms with Gasteiger partial charge in [-0.3, -0.25) is 10.1 Å². The number of benzene rings is 1. The van der Waals surface area contributed by atoms with Crippen molar-refractivity contribution in [1.29, 1.82) is 0 Å². The van der Waals surface area contributed by atoms with Crippen LogP contribution in [0.5, 0.6) is 0 Å². The van der Waals surface area contributed by atoms with E-state index in [0.29, 0.717) is 18.9 Å². The summed E-state index contributed by atoms with van der Waals surface area (Å²) in [5.41, 5.74) is 0.921. The Kier molecular flexibility index (Phi) is 4.70. The number of nitrogens with zero attached hydrogens (tertiary/aromatic N) is 3. The fourth-order valence-corrected chi connectivity index (χ4v) is 2.04. The first-order chi connectivity index (χ1) is 9.54. The molecule has 20 heavy (non-hydrogen) atoms. The number of halogens is 2. The highest BCUT2D eigenvalue weighted by Crippen LogP contribution is 2.15. The van der Waals surface area contributed by atoms with Crippen LogP contribution in [0.4, 0.5) is 11.6 Å². The van der Waals surface area contributed by atoms with Crippen LogP contribution in [0.1, 0.15) is 5.56 Å². The molecule has 0 aliphatic rings. The molecule has 104 valence electrons. The van der Waals surface area contributed by atoms with Gasteiger partial charge in [0.1, 0.15) is 10.3 Å². The smallest absolute Gasteiger partial charge is 0.269 e. The maximum atomic E-state index is 10.7. The first-order valence-corrected chi connectivity index (χ1v) is 6.47. The van der Waals surface area contributed by atoms with Crippen LogP contribution in [-0.2, 0) is 6.42 Å². The minimum atomic E-state index is -0.420. The number of anilines is 1. The molecule has 0 amide bonds.